The quantitative estimate of drug-likeness (QED) is 0.905. The Morgan fingerprint density at radius 3 is 2.84 bits per heavy atom. The largest absolute Gasteiger partial charge is 0.477 e. The first kappa shape index (κ1) is 13.5. The summed E-state index contributed by atoms with van der Waals surface area (Å²) in [6.45, 7) is 0.360. The monoisotopic (exact) mass is 324 g/mol. The van der Waals surface area contributed by atoms with Gasteiger partial charge in [0.05, 0.1) is 16.7 Å². The molecule has 0 aliphatic carbocycles. The summed E-state index contributed by atoms with van der Waals surface area (Å²) < 4.78 is 13.4. The van der Waals surface area contributed by atoms with Crippen LogP contribution in [0.25, 0.3) is 0 Å². The number of carbonyl (C=O) groups is 1. The van der Waals surface area contributed by atoms with E-state index in [2.05, 4.69) is 26.2 Å². The van der Waals surface area contributed by atoms with Crippen molar-refractivity contribution in [3.63, 3.8) is 0 Å². The number of nitrogens with one attached hydrogen (secondary N) is 1. The second-order valence-electron chi connectivity index (χ2n) is 3.80. The summed E-state index contributed by atoms with van der Waals surface area (Å²) in [5.41, 5.74) is 1.32. The molecule has 0 radical (unpaired) electrons. The standard InChI is InChI=1S/C13H10BrFN2O2/c14-10-6-8(4-5-11(10)15)16-7-9-2-1-3-12(17-9)13(18)19/h1-6,16H,7H2,(H,18,19). The fourth-order valence-corrected chi connectivity index (χ4v) is 1.87. The zero-order valence-corrected chi connectivity index (χ0v) is 11.3. The summed E-state index contributed by atoms with van der Waals surface area (Å²) in [4.78, 5) is 14.8. The lowest BCUT2D eigenvalue weighted by molar-refractivity contribution is 0.0690. The number of hydrogen-bond acceptors (Lipinski definition) is 3. The molecular weight excluding hydrogens is 315 g/mol. The minimum Gasteiger partial charge on any atom is -0.477 e. The van der Waals surface area contributed by atoms with Crippen LogP contribution in [-0.2, 0) is 6.54 Å². The average molecular weight is 325 g/mol. The fourth-order valence-electron chi connectivity index (χ4n) is 1.50. The lowest BCUT2D eigenvalue weighted by Crippen LogP contribution is -2.06. The van der Waals surface area contributed by atoms with E-state index < -0.39 is 5.97 Å². The van der Waals surface area contributed by atoms with Crippen molar-refractivity contribution in [2.45, 2.75) is 6.54 Å². The summed E-state index contributed by atoms with van der Waals surface area (Å²) in [7, 11) is 0. The van der Waals surface area contributed by atoms with Crippen molar-refractivity contribution in [3.05, 3.63) is 58.1 Å². The van der Waals surface area contributed by atoms with Crippen LogP contribution < -0.4 is 5.32 Å². The number of rotatable bonds is 4. The second-order valence-corrected chi connectivity index (χ2v) is 4.66. The van der Waals surface area contributed by atoms with Crippen LogP contribution in [0, 0.1) is 5.82 Å². The predicted octanol–water partition coefficient (Wildman–Crippen LogP) is 3.29. The molecule has 0 aliphatic rings. The molecule has 1 aromatic carbocycles. The lowest BCUT2D eigenvalue weighted by Gasteiger charge is -2.07. The molecule has 0 bridgehead atoms. The lowest BCUT2D eigenvalue weighted by atomic mass is 10.2. The van der Waals surface area contributed by atoms with E-state index in [-0.39, 0.29) is 11.5 Å². The van der Waals surface area contributed by atoms with Gasteiger partial charge in [-0.05, 0) is 46.3 Å². The first-order chi connectivity index (χ1) is 9.06. The minimum atomic E-state index is -1.06. The Balaban J connectivity index is 2.07. The van der Waals surface area contributed by atoms with Crippen molar-refractivity contribution >= 4 is 27.6 Å². The van der Waals surface area contributed by atoms with Gasteiger partial charge in [0.15, 0.2) is 0 Å². The van der Waals surface area contributed by atoms with E-state index in [1.165, 1.54) is 12.1 Å². The highest BCUT2D eigenvalue weighted by Gasteiger charge is 2.05. The van der Waals surface area contributed by atoms with Crippen molar-refractivity contribution in [2.24, 2.45) is 0 Å². The predicted molar refractivity (Wildman–Crippen MR) is 72.6 cm³/mol. The maximum Gasteiger partial charge on any atom is 0.354 e. The zero-order valence-electron chi connectivity index (χ0n) is 9.73. The molecule has 1 aromatic heterocycles. The van der Waals surface area contributed by atoms with Crippen LogP contribution in [-0.4, -0.2) is 16.1 Å². The molecule has 0 saturated heterocycles. The Bertz CT molecular complexity index is 619. The molecule has 0 unspecified atom stereocenters. The third-order valence-corrected chi connectivity index (χ3v) is 3.03. The first-order valence-corrected chi connectivity index (χ1v) is 6.24. The molecule has 98 valence electrons. The molecule has 19 heavy (non-hydrogen) atoms. The van der Waals surface area contributed by atoms with Crippen molar-refractivity contribution < 1.29 is 14.3 Å². The summed E-state index contributed by atoms with van der Waals surface area (Å²) in [5, 5.41) is 11.9. The minimum absolute atomic E-state index is 0.000383. The Morgan fingerprint density at radius 1 is 1.37 bits per heavy atom. The van der Waals surface area contributed by atoms with Crippen LogP contribution in [0.15, 0.2) is 40.9 Å². The van der Waals surface area contributed by atoms with Gasteiger partial charge in [0, 0.05) is 5.69 Å². The Kier molecular flexibility index (Phi) is 4.11. The van der Waals surface area contributed by atoms with Gasteiger partial charge in [-0.2, -0.15) is 0 Å². The molecule has 0 aliphatic heterocycles. The first-order valence-electron chi connectivity index (χ1n) is 5.44. The van der Waals surface area contributed by atoms with Crippen LogP contribution in [0.5, 0.6) is 0 Å². The molecule has 0 amide bonds. The van der Waals surface area contributed by atoms with E-state index in [0.717, 1.165) is 5.69 Å². The maximum absolute atomic E-state index is 13.1. The number of nitrogens with zero attached hydrogens (tertiary/aromatic N) is 1. The second kappa shape index (κ2) is 5.79. The molecule has 2 aromatic rings. The van der Waals surface area contributed by atoms with Crippen LogP contribution in [0.1, 0.15) is 16.2 Å². The summed E-state index contributed by atoms with van der Waals surface area (Å²) >= 11 is 3.09. The highest BCUT2D eigenvalue weighted by Crippen LogP contribution is 2.20. The van der Waals surface area contributed by atoms with Gasteiger partial charge in [-0.15, -0.1) is 0 Å². The third kappa shape index (κ3) is 3.51. The Labute approximate surface area is 117 Å². The van der Waals surface area contributed by atoms with Gasteiger partial charge in [0.25, 0.3) is 0 Å². The zero-order chi connectivity index (χ0) is 13.8. The number of carboxylic acid groups (broad SMARTS) is 1. The van der Waals surface area contributed by atoms with Gasteiger partial charge >= 0.3 is 5.97 Å². The number of pyridine rings is 1. The van der Waals surface area contributed by atoms with Gasteiger partial charge in [0.1, 0.15) is 11.5 Å². The summed E-state index contributed by atoms with van der Waals surface area (Å²) in [5.74, 6) is -1.40. The average Bonchev–Trinajstić information content (AvgIpc) is 2.40. The van der Waals surface area contributed by atoms with Crippen molar-refractivity contribution in [2.75, 3.05) is 5.32 Å². The molecule has 0 spiro atoms. The number of hydrogen-bond donors (Lipinski definition) is 2. The molecule has 1 heterocycles. The summed E-state index contributed by atoms with van der Waals surface area (Å²) in [6.07, 6.45) is 0. The Morgan fingerprint density at radius 2 is 2.16 bits per heavy atom. The molecule has 0 saturated carbocycles. The van der Waals surface area contributed by atoms with E-state index >= 15 is 0 Å². The molecule has 2 rings (SSSR count). The van der Waals surface area contributed by atoms with Crippen molar-refractivity contribution in [1.82, 2.24) is 4.98 Å². The van der Waals surface area contributed by atoms with Crippen molar-refractivity contribution in [3.8, 4) is 0 Å². The number of halogens is 2. The van der Waals surface area contributed by atoms with Crippen molar-refractivity contribution in [1.29, 1.82) is 0 Å². The molecule has 0 fully saturated rings. The van der Waals surface area contributed by atoms with Gasteiger partial charge < -0.3 is 10.4 Å². The van der Waals surface area contributed by atoms with E-state index in [1.54, 1.807) is 24.3 Å². The molecule has 6 heteroatoms. The number of benzene rings is 1. The van der Waals surface area contributed by atoms with E-state index in [0.29, 0.717) is 16.7 Å². The number of aromatic nitrogens is 1. The smallest absolute Gasteiger partial charge is 0.354 e. The molecular formula is C13H10BrFN2O2. The van der Waals surface area contributed by atoms with Gasteiger partial charge in [-0.3, -0.25) is 0 Å². The van der Waals surface area contributed by atoms with Crippen LogP contribution in [0.4, 0.5) is 10.1 Å². The topological polar surface area (TPSA) is 62.2 Å². The van der Waals surface area contributed by atoms with Gasteiger partial charge in [-0.25, -0.2) is 14.2 Å². The maximum atomic E-state index is 13.1. The highest BCUT2D eigenvalue weighted by atomic mass is 79.9. The molecule has 4 nitrogen and oxygen atoms in total. The molecule has 2 N–H and O–H groups in total. The normalized spacial score (nSPS) is 10.2. The van der Waals surface area contributed by atoms with E-state index in [1.807, 2.05) is 0 Å². The fraction of sp³-hybridized carbons (Fsp3) is 0.0769. The molecule has 0 atom stereocenters. The number of anilines is 1. The van der Waals surface area contributed by atoms with Gasteiger partial charge in [0.2, 0.25) is 0 Å². The van der Waals surface area contributed by atoms with E-state index in [4.69, 9.17) is 5.11 Å². The Hall–Kier alpha value is -1.95. The van der Waals surface area contributed by atoms with E-state index in [9.17, 15) is 9.18 Å². The third-order valence-electron chi connectivity index (χ3n) is 2.42. The number of carboxylic acids is 1. The SMILES string of the molecule is O=C(O)c1cccc(CNc2ccc(F)c(Br)c2)n1. The highest BCUT2D eigenvalue weighted by molar-refractivity contribution is 9.10. The number of aromatic carboxylic acids is 1. The van der Waals surface area contributed by atoms with Crippen LogP contribution in [0.3, 0.4) is 0 Å². The van der Waals surface area contributed by atoms with Gasteiger partial charge in [-0.1, -0.05) is 6.07 Å². The van der Waals surface area contributed by atoms with Crippen LogP contribution in [0.2, 0.25) is 0 Å². The summed E-state index contributed by atoms with van der Waals surface area (Å²) in [6, 6.07) is 9.33. The van der Waals surface area contributed by atoms with Crippen LogP contribution >= 0.6 is 15.9 Å².